The van der Waals surface area contributed by atoms with Gasteiger partial charge < -0.3 is 20.4 Å². The van der Waals surface area contributed by atoms with Gasteiger partial charge in [-0.3, -0.25) is 9.59 Å². The van der Waals surface area contributed by atoms with Gasteiger partial charge in [-0.05, 0) is 23.7 Å². The van der Waals surface area contributed by atoms with Crippen LogP contribution in [0.4, 0.5) is 0 Å². The van der Waals surface area contributed by atoms with E-state index in [2.05, 4.69) is 5.32 Å². The molecule has 0 aliphatic carbocycles. The summed E-state index contributed by atoms with van der Waals surface area (Å²) in [7, 11) is 0. The Labute approximate surface area is 103 Å². The number of carbonyl (C=O) groups is 2. The fraction of sp³-hybridized carbons (Fsp3) is 0.400. The van der Waals surface area contributed by atoms with E-state index < -0.39 is 11.9 Å². The van der Waals surface area contributed by atoms with Crippen molar-refractivity contribution in [1.29, 1.82) is 0 Å². The zero-order valence-electron chi connectivity index (χ0n) is 8.98. The van der Waals surface area contributed by atoms with E-state index in [0.717, 1.165) is 0 Å². The number of furan rings is 1. The van der Waals surface area contributed by atoms with Crippen LogP contribution in [0.25, 0.3) is 0 Å². The molecule has 2 heterocycles. The van der Waals surface area contributed by atoms with E-state index in [1.165, 1.54) is 17.0 Å². The van der Waals surface area contributed by atoms with E-state index in [9.17, 15) is 9.59 Å². The minimum Gasteiger partial charge on any atom is -0.440 e. The van der Waals surface area contributed by atoms with E-state index in [-0.39, 0.29) is 16.9 Å². The van der Waals surface area contributed by atoms with Crippen LogP contribution in [0.3, 0.4) is 0 Å². The second-order valence-electron chi connectivity index (χ2n) is 3.72. The molecule has 6 nitrogen and oxygen atoms in total. The Bertz CT molecular complexity index is 446. The molecule has 1 saturated heterocycles. The topological polar surface area (TPSA) is 88.6 Å². The first kappa shape index (κ1) is 11.9. The number of amides is 2. The predicted molar refractivity (Wildman–Crippen MR) is 60.6 cm³/mol. The largest absolute Gasteiger partial charge is 0.440 e. The SMILES string of the molecule is NC(=O)C1CNCCN1C(=O)c1ccc(Cl)o1. The molecule has 1 atom stereocenters. The maximum atomic E-state index is 12.1. The summed E-state index contributed by atoms with van der Waals surface area (Å²) < 4.78 is 5.03. The van der Waals surface area contributed by atoms with Crippen LogP contribution in [0.15, 0.2) is 16.5 Å². The molecule has 1 unspecified atom stereocenters. The molecule has 1 fully saturated rings. The molecule has 1 aromatic heterocycles. The monoisotopic (exact) mass is 257 g/mol. The van der Waals surface area contributed by atoms with Gasteiger partial charge in [0.15, 0.2) is 11.0 Å². The number of nitrogens with zero attached hydrogens (tertiary/aromatic N) is 1. The Morgan fingerprint density at radius 3 is 2.88 bits per heavy atom. The summed E-state index contributed by atoms with van der Waals surface area (Å²) in [6, 6.07) is 2.31. The average Bonchev–Trinajstić information content (AvgIpc) is 2.75. The highest BCUT2D eigenvalue weighted by Crippen LogP contribution is 2.16. The van der Waals surface area contributed by atoms with Crippen LogP contribution in [-0.2, 0) is 4.79 Å². The first-order valence-corrected chi connectivity index (χ1v) is 5.53. The number of rotatable bonds is 2. The molecular weight excluding hydrogens is 246 g/mol. The standard InChI is InChI=1S/C10H12ClN3O3/c11-8-2-1-7(17-8)10(16)14-4-3-13-5-6(14)9(12)15/h1-2,6,13H,3-5H2,(H2,12,15). The van der Waals surface area contributed by atoms with E-state index in [4.69, 9.17) is 21.8 Å². The van der Waals surface area contributed by atoms with Gasteiger partial charge in [0.2, 0.25) is 5.91 Å². The molecule has 1 aromatic rings. The molecule has 0 saturated carbocycles. The van der Waals surface area contributed by atoms with Crippen LogP contribution in [0, 0.1) is 0 Å². The van der Waals surface area contributed by atoms with Gasteiger partial charge in [0.1, 0.15) is 6.04 Å². The summed E-state index contributed by atoms with van der Waals surface area (Å²) in [6.07, 6.45) is 0. The molecule has 2 amide bonds. The Hall–Kier alpha value is -1.53. The van der Waals surface area contributed by atoms with Gasteiger partial charge in [-0.25, -0.2) is 0 Å². The summed E-state index contributed by atoms with van der Waals surface area (Å²) in [5.74, 6) is -0.798. The quantitative estimate of drug-likeness (QED) is 0.770. The molecule has 3 N–H and O–H groups in total. The van der Waals surface area contributed by atoms with Crippen molar-refractivity contribution in [2.45, 2.75) is 6.04 Å². The highest BCUT2D eigenvalue weighted by atomic mass is 35.5. The van der Waals surface area contributed by atoms with Crippen molar-refractivity contribution in [3.05, 3.63) is 23.1 Å². The lowest BCUT2D eigenvalue weighted by Gasteiger charge is -2.33. The van der Waals surface area contributed by atoms with E-state index in [1.54, 1.807) is 0 Å². The Kier molecular flexibility index (Phi) is 3.35. The number of nitrogens with two attached hydrogens (primary N) is 1. The van der Waals surface area contributed by atoms with Gasteiger partial charge in [-0.1, -0.05) is 0 Å². The first-order valence-electron chi connectivity index (χ1n) is 5.16. The Morgan fingerprint density at radius 1 is 1.53 bits per heavy atom. The fourth-order valence-electron chi connectivity index (χ4n) is 1.77. The predicted octanol–water partition coefficient (Wildman–Crippen LogP) is -0.168. The highest BCUT2D eigenvalue weighted by Gasteiger charge is 2.32. The summed E-state index contributed by atoms with van der Waals surface area (Å²) in [4.78, 5) is 24.7. The second kappa shape index (κ2) is 4.77. The molecule has 17 heavy (non-hydrogen) atoms. The van der Waals surface area contributed by atoms with E-state index >= 15 is 0 Å². The van der Waals surface area contributed by atoms with E-state index in [1.807, 2.05) is 0 Å². The zero-order chi connectivity index (χ0) is 12.4. The van der Waals surface area contributed by atoms with Crippen molar-refractivity contribution in [3.8, 4) is 0 Å². The number of nitrogens with one attached hydrogen (secondary N) is 1. The summed E-state index contributed by atoms with van der Waals surface area (Å²) >= 11 is 5.60. The summed E-state index contributed by atoms with van der Waals surface area (Å²) in [5.41, 5.74) is 5.25. The third-order valence-electron chi connectivity index (χ3n) is 2.62. The van der Waals surface area contributed by atoms with Crippen molar-refractivity contribution >= 4 is 23.4 Å². The van der Waals surface area contributed by atoms with Gasteiger partial charge in [-0.2, -0.15) is 0 Å². The van der Waals surface area contributed by atoms with Crippen molar-refractivity contribution < 1.29 is 14.0 Å². The number of hydrogen-bond donors (Lipinski definition) is 2. The smallest absolute Gasteiger partial charge is 0.290 e. The van der Waals surface area contributed by atoms with Crippen LogP contribution < -0.4 is 11.1 Å². The van der Waals surface area contributed by atoms with Crippen molar-refractivity contribution in [2.75, 3.05) is 19.6 Å². The molecule has 92 valence electrons. The van der Waals surface area contributed by atoms with Gasteiger partial charge >= 0.3 is 0 Å². The molecule has 0 bridgehead atoms. The van der Waals surface area contributed by atoms with Crippen molar-refractivity contribution in [3.63, 3.8) is 0 Å². The van der Waals surface area contributed by atoms with Gasteiger partial charge in [-0.15, -0.1) is 0 Å². The van der Waals surface area contributed by atoms with Crippen molar-refractivity contribution in [2.24, 2.45) is 5.73 Å². The normalized spacial score (nSPS) is 20.3. The highest BCUT2D eigenvalue weighted by molar-refractivity contribution is 6.29. The van der Waals surface area contributed by atoms with Crippen LogP contribution in [-0.4, -0.2) is 42.4 Å². The average molecular weight is 258 g/mol. The molecule has 1 aliphatic heterocycles. The molecule has 1 aliphatic rings. The maximum Gasteiger partial charge on any atom is 0.290 e. The molecule has 0 spiro atoms. The molecular formula is C10H12ClN3O3. The number of piperazine rings is 1. The van der Waals surface area contributed by atoms with Crippen molar-refractivity contribution in [1.82, 2.24) is 10.2 Å². The molecule has 0 radical (unpaired) electrons. The Balaban J connectivity index is 2.19. The maximum absolute atomic E-state index is 12.1. The minimum atomic E-state index is -0.653. The molecule has 0 aromatic carbocycles. The molecule has 7 heteroatoms. The van der Waals surface area contributed by atoms with Crippen LogP contribution in [0.5, 0.6) is 0 Å². The Morgan fingerprint density at radius 2 is 2.29 bits per heavy atom. The minimum absolute atomic E-state index is 0.114. The van der Waals surface area contributed by atoms with Gasteiger partial charge in [0, 0.05) is 19.6 Å². The van der Waals surface area contributed by atoms with Gasteiger partial charge in [0.25, 0.3) is 5.91 Å². The summed E-state index contributed by atoms with van der Waals surface area (Å²) in [6.45, 7) is 1.38. The third kappa shape index (κ3) is 2.42. The number of primary amides is 1. The lowest BCUT2D eigenvalue weighted by atomic mass is 10.1. The number of carbonyl (C=O) groups excluding carboxylic acids is 2. The zero-order valence-corrected chi connectivity index (χ0v) is 9.74. The molecule has 2 rings (SSSR count). The van der Waals surface area contributed by atoms with Gasteiger partial charge in [0.05, 0.1) is 0 Å². The van der Waals surface area contributed by atoms with E-state index in [0.29, 0.717) is 19.6 Å². The van der Waals surface area contributed by atoms with Crippen LogP contribution in [0.1, 0.15) is 10.6 Å². The second-order valence-corrected chi connectivity index (χ2v) is 4.10. The van der Waals surface area contributed by atoms with Crippen LogP contribution >= 0.6 is 11.6 Å². The fourth-order valence-corrected chi connectivity index (χ4v) is 1.92. The lowest BCUT2D eigenvalue weighted by molar-refractivity contribution is -0.122. The number of hydrogen-bond acceptors (Lipinski definition) is 4. The third-order valence-corrected chi connectivity index (χ3v) is 2.82. The number of halogens is 1. The lowest BCUT2D eigenvalue weighted by Crippen LogP contribution is -2.58. The van der Waals surface area contributed by atoms with Crippen LogP contribution in [0.2, 0.25) is 5.22 Å². The summed E-state index contributed by atoms with van der Waals surface area (Å²) in [5, 5.41) is 3.14. The first-order chi connectivity index (χ1) is 8.09.